The first-order valence-electron chi connectivity index (χ1n) is 3.95. The van der Waals surface area contributed by atoms with Crippen LogP contribution in [0, 0.1) is 18.3 Å². The van der Waals surface area contributed by atoms with Crippen LogP contribution in [-0.4, -0.2) is 11.7 Å². The van der Waals surface area contributed by atoms with Gasteiger partial charge in [-0.3, -0.25) is 0 Å². The summed E-state index contributed by atoms with van der Waals surface area (Å²) in [5.74, 6) is 3.36. The first-order valence-corrected chi connectivity index (χ1v) is 3.95. The SMILES string of the molecule is C#C[C@@]12O[C@@H]1CCC[C@H]2C. The highest BCUT2D eigenvalue weighted by molar-refractivity contribution is 5.25. The van der Waals surface area contributed by atoms with Gasteiger partial charge in [0.05, 0.1) is 0 Å². The van der Waals surface area contributed by atoms with Gasteiger partial charge in [-0.1, -0.05) is 19.3 Å². The lowest BCUT2D eigenvalue weighted by atomic mass is 9.81. The maximum Gasteiger partial charge on any atom is 0.157 e. The molecule has 1 saturated heterocycles. The number of terminal acetylenes is 1. The second-order valence-electron chi connectivity index (χ2n) is 3.38. The Kier molecular flexibility index (Phi) is 1.10. The van der Waals surface area contributed by atoms with E-state index in [4.69, 9.17) is 11.2 Å². The van der Waals surface area contributed by atoms with E-state index in [-0.39, 0.29) is 5.60 Å². The molecule has 1 nitrogen and oxygen atoms in total. The number of hydrogen-bond donors (Lipinski definition) is 0. The van der Waals surface area contributed by atoms with Gasteiger partial charge in [0.1, 0.15) is 6.10 Å². The van der Waals surface area contributed by atoms with Gasteiger partial charge < -0.3 is 4.74 Å². The van der Waals surface area contributed by atoms with Crippen LogP contribution in [-0.2, 0) is 4.74 Å². The van der Waals surface area contributed by atoms with Crippen LogP contribution in [0.15, 0.2) is 0 Å². The standard InChI is InChI=1S/C9H12O/c1-3-9-7(2)5-4-6-8(9)10-9/h1,7-8H,4-6H2,2H3/t7-,8-,9+/m1/s1. The summed E-state index contributed by atoms with van der Waals surface area (Å²) in [6, 6.07) is 0. The van der Waals surface area contributed by atoms with Crippen LogP contribution < -0.4 is 0 Å². The van der Waals surface area contributed by atoms with Crippen molar-refractivity contribution >= 4 is 0 Å². The third-order valence-corrected chi connectivity index (χ3v) is 2.82. The molecular formula is C9H12O. The van der Waals surface area contributed by atoms with Crippen LogP contribution in [0.3, 0.4) is 0 Å². The van der Waals surface area contributed by atoms with Crippen LogP contribution in [0.2, 0.25) is 0 Å². The Hall–Kier alpha value is -0.480. The van der Waals surface area contributed by atoms with Crippen molar-refractivity contribution in [3.8, 4) is 12.3 Å². The zero-order valence-electron chi connectivity index (χ0n) is 6.26. The molecule has 0 radical (unpaired) electrons. The van der Waals surface area contributed by atoms with E-state index in [2.05, 4.69) is 12.8 Å². The van der Waals surface area contributed by atoms with Crippen molar-refractivity contribution in [3.63, 3.8) is 0 Å². The number of rotatable bonds is 0. The molecule has 1 aliphatic carbocycles. The van der Waals surface area contributed by atoms with Crippen LogP contribution in [0.1, 0.15) is 26.2 Å². The van der Waals surface area contributed by atoms with Crippen LogP contribution in [0.25, 0.3) is 0 Å². The average Bonchev–Trinajstić information content (AvgIpc) is 2.65. The van der Waals surface area contributed by atoms with Crippen molar-refractivity contribution in [2.75, 3.05) is 0 Å². The normalized spacial score (nSPS) is 51.2. The fourth-order valence-electron chi connectivity index (χ4n) is 2.00. The fourth-order valence-corrected chi connectivity index (χ4v) is 2.00. The van der Waals surface area contributed by atoms with Gasteiger partial charge in [0.25, 0.3) is 0 Å². The summed E-state index contributed by atoms with van der Waals surface area (Å²) in [5.41, 5.74) is -0.127. The van der Waals surface area contributed by atoms with Crippen molar-refractivity contribution in [2.45, 2.75) is 37.9 Å². The Labute approximate surface area is 61.8 Å². The molecule has 2 fully saturated rings. The minimum absolute atomic E-state index is 0.127. The highest BCUT2D eigenvalue weighted by Crippen LogP contribution is 2.50. The Morgan fingerprint density at radius 1 is 1.60 bits per heavy atom. The van der Waals surface area contributed by atoms with E-state index in [1.54, 1.807) is 0 Å². The fraction of sp³-hybridized carbons (Fsp3) is 0.778. The molecule has 0 spiro atoms. The van der Waals surface area contributed by atoms with E-state index in [1.165, 1.54) is 19.3 Å². The lowest BCUT2D eigenvalue weighted by Gasteiger charge is -2.19. The molecule has 3 atom stereocenters. The van der Waals surface area contributed by atoms with E-state index >= 15 is 0 Å². The van der Waals surface area contributed by atoms with Gasteiger partial charge in [-0.2, -0.15) is 0 Å². The van der Waals surface area contributed by atoms with Gasteiger partial charge in [-0.05, 0) is 18.8 Å². The summed E-state index contributed by atoms with van der Waals surface area (Å²) in [6.07, 6.45) is 9.50. The number of fused-ring (bicyclic) bond motifs is 1. The molecule has 2 rings (SSSR count). The first-order chi connectivity index (χ1) is 4.79. The molecule has 1 heteroatoms. The summed E-state index contributed by atoms with van der Waals surface area (Å²) in [4.78, 5) is 0. The van der Waals surface area contributed by atoms with Crippen molar-refractivity contribution in [1.29, 1.82) is 0 Å². The second kappa shape index (κ2) is 1.77. The number of ether oxygens (including phenoxy) is 1. The van der Waals surface area contributed by atoms with Crippen molar-refractivity contribution in [1.82, 2.24) is 0 Å². The maximum absolute atomic E-state index is 5.49. The minimum atomic E-state index is -0.127. The molecular weight excluding hydrogens is 124 g/mol. The molecule has 0 bridgehead atoms. The minimum Gasteiger partial charge on any atom is -0.352 e. The molecule has 0 aromatic carbocycles. The van der Waals surface area contributed by atoms with Crippen LogP contribution in [0.5, 0.6) is 0 Å². The molecule has 0 N–H and O–H groups in total. The van der Waals surface area contributed by atoms with Crippen molar-refractivity contribution < 1.29 is 4.74 Å². The topological polar surface area (TPSA) is 12.5 Å². The van der Waals surface area contributed by atoms with Gasteiger partial charge >= 0.3 is 0 Å². The average molecular weight is 136 g/mol. The largest absolute Gasteiger partial charge is 0.352 e. The van der Waals surface area contributed by atoms with Gasteiger partial charge in [0.2, 0.25) is 0 Å². The first kappa shape index (κ1) is 6.24. The molecule has 0 aromatic rings. The smallest absolute Gasteiger partial charge is 0.157 e. The molecule has 0 amide bonds. The molecule has 10 heavy (non-hydrogen) atoms. The summed E-state index contributed by atoms with van der Waals surface area (Å²) in [7, 11) is 0. The third-order valence-electron chi connectivity index (χ3n) is 2.82. The van der Waals surface area contributed by atoms with E-state index in [0.717, 1.165) is 0 Å². The van der Waals surface area contributed by atoms with E-state index < -0.39 is 0 Å². The Bertz CT molecular complexity index is 191. The van der Waals surface area contributed by atoms with E-state index in [1.807, 2.05) is 0 Å². The van der Waals surface area contributed by atoms with Gasteiger partial charge in [-0.25, -0.2) is 0 Å². The molecule has 54 valence electrons. The van der Waals surface area contributed by atoms with E-state index in [9.17, 15) is 0 Å². The summed E-state index contributed by atoms with van der Waals surface area (Å²) in [5, 5.41) is 0. The molecule has 2 aliphatic rings. The summed E-state index contributed by atoms with van der Waals surface area (Å²) < 4.78 is 5.49. The Morgan fingerprint density at radius 3 is 2.90 bits per heavy atom. The predicted octanol–water partition coefficient (Wildman–Crippen LogP) is 1.58. The molecule has 1 heterocycles. The third kappa shape index (κ3) is 0.578. The second-order valence-corrected chi connectivity index (χ2v) is 3.38. The molecule has 0 unspecified atom stereocenters. The molecule has 0 aromatic heterocycles. The number of epoxide rings is 1. The Morgan fingerprint density at radius 2 is 2.40 bits per heavy atom. The lowest BCUT2D eigenvalue weighted by molar-refractivity contribution is 0.280. The van der Waals surface area contributed by atoms with E-state index in [0.29, 0.717) is 12.0 Å². The highest BCUT2D eigenvalue weighted by Gasteiger charge is 2.60. The monoisotopic (exact) mass is 136 g/mol. The number of hydrogen-bond acceptors (Lipinski definition) is 1. The Balaban J connectivity index is 2.19. The van der Waals surface area contributed by atoms with Gasteiger partial charge in [-0.15, -0.1) is 6.42 Å². The predicted molar refractivity (Wildman–Crippen MR) is 39.5 cm³/mol. The van der Waals surface area contributed by atoms with Crippen molar-refractivity contribution in [2.24, 2.45) is 5.92 Å². The zero-order chi connectivity index (χ0) is 7.19. The van der Waals surface area contributed by atoms with Crippen molar-refractivity contribution in [3.05, 3.63) is 0 Å². The van der Waals surface area contributed by atoms with Gasteiger partial charge in [0, 0.05) is 0 Å². The molecule has 1 saturated carbocycles. The van der Waals surface area contributed by atoms with Gasteiger partial charge in [0.15, 0.2) is 5.60 Å². The summed E-state index contributed by atoms with van der Waals surface area (Å²) >= 11 is 0. The lowest BCUT2D eigenvalue weighted by Crippen LogP contribution is -2.26. The summed E-state index contributed by atoms with van der Waals surface area (Å²) in [6.45, 7) is 2.19. The highest BCUT2D eigenvalue weighted by atomic mass is 16.6. The maximum atomic E-state index is 5.49. The molecule has 1 aliphatic heterocycles. The van der Waals surface area contributed by atoms with Crippen LogP contribution in [0.4, 0.5) is 0 Å². The zero-order valence-corrected chi connectivity index (χ0v) is 6.26. The van der Waals surface area contributed by atoms with Crippen LogP contribution >= 0.6 is 0 Å². The quantitative estimate of drug-likeness (QED) is 0.364.